The van der Waals surface area contributed by atoms with Crippen LogP contribution in [0.3, 0.4) is 0 Å². The maximum absolute atomic E-state index is 9.28. The van der Waals surface area contributed by atoms with E-state index in [2.05, 4.69) is 13.8 Å². The Hall–Kier alpha value is 0.177. The van der Waals surface area contributed by atoms with Crippen molar-refractivity contribution < 1.29 is 4.80 Å². The van der Waals surface area contributed by atoms with E-state index in [-0.39, 0.29) is 0 Å². The average molecular weight is 145 g/mol. The molecule has 2 heteroatoms. The second-order valence-corrected chi connectivity index (χ2v) is 4.55. The maximum atomic E-state index is 9.28. The minimum Gasteiger partial charge on any atom is -0.431 e. The standard InChI is InChI=1S/C7H17OSi/c1-3-5-7-9(8)6-4-2/h8H,3-7H2,1-2H3. The third-order valence-corrected chi connectivity index (χ3v) is 3.37. The maximum Gasteiger partial charge on any atom is 0.206 e. The molecule has 0 rings (SSSR count). The third kappa shape index (κ3) is 6.06. The molecule has 0 amide bonds. The fourth-order valence-corrected chi connectivity index (χ4v) is 2.38. The first-order valence-corrected chi connectivity index (χ1v) is 5.71. The van der Waals surface area contributed by atoms with Crippen LogP contribution in [-0.4, -0.2) is 13.8 Å². The number of rotatable bonds is 5. The van der Waals surface area contributed by atoms with Crippen molar-refractivity contribution in [2.75, 3.05) is 0 Å². The third-order valence-electron chi connectivity index (χ3n) is 1.36. The van der Waals surface area contributed by atoms with Gasteiger partial charge in [0, 0.05) is 0 Å². The summed E-state index contributed by atoms with van der Waals surface area (Å²) in [4.78, 5) is 9.28. The summed E-state index contributed by atoms with van der Waals surface area (Å²) in [6.45, 7) is 4.30. The molecular formula is C7H17OSi. The normalized spacial score (nSPS) is 10.7. The molecule has 0 fully saturated rings. The molecule has 0 aromatic rings. The van der Waals surface area contributed by atoms with E-state index < -0.39 is 9.04 Å². The molecule has 0 saturated heterocycles. The summed E-state index contributed by atoms with van der Waals surface area (Å²) in [6.07, 6.45) is 3.58. The Morgan fingerprint density at radius 1 is 1.11 bits per heavy atom. The molecule has 0 atom stereocenters. The van der Waals surface area contributed by atoms with Crippen molar-refractivity contribution in [1.29, 1.82) is 0 Å². The van der Waals surface area contributed by atoms with Gasteiger partial charge in [0.25, 0.3) is 0 Å². The summed E-state index contributed by atoms with van der Waals surface area (Å²) in [5.74, 6) is 0. The molecule has 0 unspecified atom stereocenters. The molecule has 0 aliphatic carbocycles. The van der Waals surface area contributed by atoms with Gasteiger partial charge in [-0.15, -0.1) is 0 Å². The number of hydrogen-bond donors (Lipinski definition) is 1. The van der Waals surface area contributed by atoms with Crippen molar-refractivity contribution in [3.05, 3.63) is 0 Å². The highest BCUT2D eigenvalue weighted by molar-refractivity contribution is 6.50. The van der Waals surface area contributed by atoms with Crippen LogP contribution in [0.25, 0.3) is 0 Å². The zero-order valence-electron chi connectivity index (χ0n) is 6.48. The molecule has 0 spiro atoms. The summed E-state index contributed by atoms with van der Waals surface area (Å²) < 4.78 is 0. The van der Waals surface area contributed by atoms with Crippen LogP contribution >= 0.6 is 0 Å². The quantitative estimate of drug-likeness (QED) is 0.588. The van der Waals surface area contributed by atoms with Crippen molar-refractivity contribution in [2.24, 2.45) is 0 Å². The molecule has 1 N–H and O–H groups in total. The number of unbranched alkanes of at least 4 members (excludes halogenated alkanes) is 1. The summed E-state index contributed by atoms with van der Waals surface area (Å²) in [6, 6.07) is 2.17. The number of hydrogen-bond acceptors (Lipinski definition) is 1. The molecule has 0 aromatic heterocycles. The molecule has 0 bridgehead atoms. The van der Waals surface area contributed by atoms with Gasteiger partial charge < -0.3 is 4.80 Å². The zero-order chi connectivity index (χ0) is 7.11. The molecule has 9 heavy (non-hydrogen) atoms. The Bertz CT molecular complexity index is 56.9. The lowest BCUT2D eigenvalue weighted by Crippen LogP contribution is -2.09. The van der Waals surface area contributed by atoms with Gasteiger partial charge in [0.05, 0.1) is 0 Å². The summed E-state index contributed by atoms with van der Waals surface area (Å²) in [7, 11) is -0.903. The van der Waals surface area contributed by atoms with Crippen LogP contribution in [-0.2, 0) is 0 Å². The molecule has 0 aliphatic heterocycles. The lowest BCUT2D eigenvalue weighted by molar-refractivity contribution is 0.558. The van der Waals surface area contributed by atoms with Gasteiger partial charge in [-0.25, -0.2) is 0 Å². The molecule has 55 valence electrons. The van der Waals surface area contributed by atoms with Crippen molar-refractivity contribution in [3.8, 4) is 0 Å². The van der Waals surface area contributed by atoms with Crippen molar-refractivity contribution in [2.45, 2.75) is 45.2 Å². The van der Waals surface area contributed by atoms with E-state index in [4.69, 9.17) is 0 Å². The van der Waals surface area contributed by atoms with E-state index in [1.54, 1.807) is 0 Å². The SMILES string of the molecule is CCCC[Si](O)CCC. The molecule has 0 aromatic carbocycles. The van der Waals surface area contributed by atoms with Gasteiger partial charge in [-0.3, -0.25) is 0 Å². The van der Waals surface area contributed by atoms with E-state index >= 15 is 0 Å². The van der Waals surface area contributed by atoms with Crippen LogP contribution in [0.5, 0.6) is 0 Å². The Balaban J connectivity index is 2.95. The van der Waals surface area contributed by atoms with Crippen molar-refractivity contribution in [1.82, 2.24) is 0 Å². The van der Waals surface area contributed by atoms with E-state index in [1.165, 1.54) is 12.8 Å². The van der Waals surface area contributed by atoms with Crippen LogP contribution in [0.1, 0.15) is 33.1 Å². The fourth-order valence-electron chi connectivity index (χ4n) is 0.794. The highest BCUT2D eigenvalue weighted by Crippen LogP contribution is 2.04. The monoisotopic (exact) mass is 145 g/mol. The van der Waals surface area contributed by atoms with E-state index in [1.807, 2.05) is 0 Å². The molecule has 1 nitrogen and oxygen atoms in total. The Labute approximate surface area is 59.8 Å². The highest BCUT2D eigenvalue weighted by atomic mass is 28.3. The van der Waals surface area contributed by atoms with Crippen LogP contribution in [0.2, 0.25) is 12.1 Å². The summed E-state index contributed by atoms with van der Waals surface area (Å²) in [5.41, 5.74) is 0. The molecule has 0 aliphatic rings. The Kier molecular flexibility index (Phi) is 6.42. The molecular weight excluding hydrogens is 128 g/mol. The van der Waals surface area contributed by atoms with Crippen LogP contribution in [0.4, 0.5) is 0 Å². The smallest absolute Gasteiger partial charge is 0.206 e. The van der Waals surface area contributed by atoms with Crippen LogP contribution in [0.15, 0.2) is 0 Å². The lowest BCUT2D eigenvalue weighted by atomic mass is 10.4. The average Bonchev–Trinajstić information content (AvgIpc) is 1.85. The van der Waals surface area contributed by atoms with Gasteiger partial charge >= 0.3 is 0 Å². The first kappa shape index (κ1) is 9.18. The zero-order valence-corrected chi connectivity index (χ0v) is 7.48. The Morgan fingerprint density at radius 3 is 2.22 bits per heavy atom. The lowest BCUT2D eigenvalue weighted by Gasteiger charge is -2.02. The molecule has 0 heterocycles. The van der Waals surface area contributed by atoms with Gasteiger partial charge in [-0.1, -0.05) is 33.1 Å². The first-order chi connectivity index (χ1) is 4.31. The van der Waals surface area contributed by atoms with Gasteiger partial charge in [0.15, 0.2) is 0 Å². The van der Waals surface area contributed by atoms with Crippen LogP contribution < -0.4 is 0 Å². The topological polar surface area (TPSA) is 20.2 Å². The second-order valence-electron chi connectivity index (χ2n) is 2.42. The van der Waals surface area contributed by atoms with Gasteiger partial charge in [0.2, 0.25) is 9.04 Å². The Morgan fingerprint density at radius 2 is 1.78 bits per heavy atom. The fraction of sp³-hybridized carbons (Fsp3) is 1.00. The van der Waals surface area contributed by atoms with Gasteiger partial charge in [0.1, 0.15) is 0 Å². The second kappa shape index (κ2) is 6.30. The van der Waals surface area contributed by atoms with Crippen molar-refractivity contribution >= 4 is 9.04 Å². The summed E-state index contributed by atoms with van der Waals surface area (Å²) in [5, 5.41) is 0. The van der Waals surface area contributed by atoms with Crippen LogP contribution in [0, 0.1) is 0 Å². The van der Waals surface area contributed by atoms with E-state index in [0.29, 0.717) is 0 Å². The predicted molar refractivity (Wildman–Crippen MR) is 42.8 cm³/mol. The summed E-state index contributed by atoms with van der Waals surface area (Å²) >= 11 is 0. The van der Waals surface area contributed by atoms with Gasteiger partial charge in [-0.05, 0) is 12.1 Å². The predicted octanol–water partition coefficient (Wildman–Crippen LogP) is 2.18. The minimum atomic E-state index is -0.903. The highest BCUT2D eigenvalue weighted by Gasteiger charge is 2.03. The van der Waals surface area contributed by atoms with E-state index in [0.717, 1.165) is 18.5 Å². The largest absolute Gasteiger partial charge is 0.431 e. The van der Waals surface area contributed by atoms with Crippen molar-refractivity contribution in [3.63, 3.8) is 0 Å². The van der Waals surface area contributed by atoms with Gasteiger partial charge in [-0.2, -0.15) is 0 Å². The molecule has 1 radical (unpaired) electrons. The first-order valence-electron chi connectivity index (χ1n) is 3.84. The van der Waals surface area contributed by atoms with E-state index in [9.17, 15) is 4.80 Å². The minimum absolute atomic E-state index is 0.903. The molecule has 0 saturated carbocycles.